The Morgan fingerprint density at radius 3 is 2.55 bits per heavy atom. The molecule has 20 heavy (non-hydrogen) atoms. The van der Waals surface area contributed by atoms with Crippen molar-refractivity contribution < 1.29 is 8.42 Å². The normalized spacial score (nSPS) is 24.2. The Balaban J connectivity index is 2.52. The van der Waals surface area contributed by atoms with Crippen LogP contribution in [0.2, 0.25) is 0 Å². The highest BCUT2D eigenvalue weighted by Gasteiger charge is 2.37. The van der Waals surface area contributed by atoms with E-state index in [4.69, 9.17) is 5.73 Å². The Hall–Kier alpha value is -0.430. The molecule has 2 N–H and O–H groups in total. The van der Waals surface area contributed by atoms with Crippen LogP contribution in [0.4, 0.5) is 0 Å². The molecule has 4 nitrogen and oxygen atoms in total. The van der Waals surface area contributed by atoms with E-state index < -0.39 is 10.0 Å². The van der Waals surface area contributed by atoms with Gasteiger partial charge in [-0.15, -0.1) is 0 Å². The summed E-state index contributed by atoms with van der Waals surface area (Å²) in [5.41, 5.74) is 7.39. The summed E-state index contributed by atoms with van der Waals surface area (Å²) >= 11 is 3.41. The lowest BCUT2D eigenvalue weighted by Gasteiger charge is -2.22. The lowest BCUT2D eigenvalue weighted by Crippen LogP contribution is -2.34. The lowest BCUT2D eigenvalue weighted by molar-refractivity contribution is 0.405. The fraction of sp³-hybridized carbons (Fsp3) is 0.571. The molecule has 112 valence electrons. The van der Waals surface area contributed by atoms with Gasteiger partial charge in [0.15, 0.2) is 0 Å². The first-order valence-electron chi connectivity index (χ1n) is 6.78. The van der Waals surface area contributed by atoms with Gasteiger partial charge in [-0.05, 0) is 59.3 Å². The number of nitrogens with zero attached hydrogens (tertiary/aromatic N) is 1. The molecule has 0 aliphatic carbocycles. The Morgan fingerprint density at radius 1 is 1.40 bits per heavy atom. The molecule has 2 atom stereocenters. The molecule has 0 radical (unpaired) electrons. The SMILES string of the molecule is Cc1cc(CN)cc(S(=O)(=O)N2CC(C)CC2C)c1Br. The Kier molecular flexibility index (Phi) is 4.59. The van der Waals surface area contributed by atoms with E-state index in [1.54, 1.807) is 10.4 Å². The maximum Gasteiger partial charge on any atom is 0.244 e. The Labute approximate surface area is 129 Å². The fourth-order valence-corrected chi connectivity index (χ4v) is 5.63. The number of sulfonamides is 1. The first-order valence-corrected chi connectivity index (χ1v) is 9.01. The third-order valence-corrected chi connectivity index (χ3v) is 7.15. The van der Waals surface area contributed by atoms with E-state index in [1.165, 1.54) is 0 Å². The fourth-order valence-electron chi connectivity index (χ4n) is 2.84. The number of hydrogen-bond donors (Lipinski definition) is 1. The summed E-state index contributed by atoms with van der Waals surface area (Å²) in [6.07, 6.45) is 0.909. The van der Waals surface area contributed by atoms with Crippen LogP contribution in [0.3, 0.4) is 0 Å². The van der Waals surface area contributed by atoms with E-state index in [9.17, 15) is 8.42 Å². The zero-order valence-electron chi connectivity index (χ0n) is 12.1. The van der Waals surface area contributed by atoms with Crippen molar-refractivity contribution in [3.8, 4) is 0 Å². The van der Waals surface area contributed by atoms with Crippen molar-refractivity contribution in [3.05, 3.63) is 27.7 Å². The van der Waals surface area contributed by atoms with Crippen LogP contribution < -0.4 is 5.73 Å². The zero-order chi connectivity index (χ0) is 15.1. The van der Waals surface area contributed by atoms with Crippen molar-refractivity contribution in [2.75, 3.05) is 6.54 Å². The molecule has 0 spiro atoms. The molecule has 6 heteroatoms. The molecule has 2 rings (SSSR count). The van der Waals surface area contributed by atoms with Crippen LogP contribution in [0.1, 0.15) is 31.4 Å². The summed E-state index contributed by atoms with van der Waals surface area (Å²) in [7, 11) is -3.48. The number of nitrogens with two attached hydrogens (primary N) is 1. The molecule has 1 aliphatic heterocycles. The molecule has 0 saturated carbocycles. The molecule has 1 aromatic rings. The minimum Gasteiger partial charge on any atom is -0.326 e. The highest BCUT2D eigenvalue weighted by atomic mass is 79.9. The average molecular weight is 361 g/mol. The van der Waals surface area contributed by atoms with E-state index >= 15 is 0 Å². The number of aryl methyl sites for hydroxylation is 1. The summed E-state index contributed by atoms with van der Waals surface area (Å²) in [5, 5.41) is 0. The maximum atomic E-state index is 12.9. The minimum absolute atomic E-state index is 0.0451. The van der Waals surface area contributed by atoms with Crippen molar-refractivity contribution in [1.82, 2.24) is 4.31 Å². The van der Waals surface area contributed by atoms with Crippen LogP contribution in [0, 0.1) is 12.8 Å². The van der Waals surface area contributed by atoms with Gasteiger partial charge in [-0.2, -0.15) is 4.31 Å². The van der Waals surface area contributed by atoms with Crippen molar-refractivity contribution in [1.29, 1.82) is 0 Å². The molecule has 0 aromatic heterocycles. The van der Waals surface area contributed by atoms with Crippen molar-refractivity contribution in [2.24, 2.45) is 11.7 Å². The summed E-state index contributed by atoms with van der Waals surface area (Å²) < 4.78 is 28.0. The predicted molar refractivity (Wildman–Crippen MR) is 83.9 cm³/mol. The summed E-state index contributed by atoms with van der Waals surface area (Å²) in [6.45, 7) is 6.86. The maximum absolute atomic E-state index is 12.9. The molecular weight excluding hydrogens is 340 g/mol. The van der Waals surface area contributed by atoms with Crippen molar-refractivity contribution >= 4 is 26.0 Å². The monoisotopic (exact) mass is 360 g/mol. The number of benzene rings is 1. The summed E-state index contributed by atoms with van der Waals surface area (Å²) in [6, 6.07) is 3.64. The highest BCUT2D eigenvalue weighted by Crippen LogP contribution is 2.34. The van der Waals surface area contributed by atoms with Gasteiger partial charge < -0.3 is 5.73 Å². The van der Waals surface area contributed by atoms with Crippen LogP contribution >= 0.6 is 15.9 Å². The molecule has 1 saturated heterocycles. The molecule has 1 aromatic carbocycles. The average Bonchev–Trinajstić information content (AvgIpc) is 2.72. The van der Waals surface area contributed by atoms with Gasteiger partial charge in [0.25, 0.3) is 0 Å². The highest BCUT2D eigenvalue weighted by molar-refractivity contribution is 9.10. The zero-order valence-corrected chi connectivity index (χ0v) is 14.5. The quantitative estimate of drug-likeness (QED) is 0.900. The van der Waals surface area contributed by atoms with Crippen molar-refractivity contribution in [3.63, 3.8) is 0 Å². The molecule has 1 aliphatic rings. The third-order valence-electron chi connectivity index (χ3n) is 3.83. The Bertz CT molecular complexity index is 616. The van der Waals surface area contributed by atoms with Crippen LogP contribution in [-0.4, -0.2) is 25.3 Å². The third kappa shape index (κ3) is 2.79. The van der Waals surface area contributed by atoms with Gasteiger partial charge in [-0.25, -0.2) is 8.42 Å². The van der Waals surface area contributed by atoms with Crippen LogP contribution in [0.25, 0.3) is 0 Å². The number of rotatable bonds is 3. The minimum atomic E-state index is -3.48. The van der Waals surface area contributed by atoms with Gasteiger partial charge in [0.05, 0.1) is 4.90 Å². The second-order valence-corrected chi connectivity index (χ2v) is 8.35. The van der Waals surface area contributed by atoms with Crippen LogP contribution in [-0.2, 0) is 16.6 Å². The van der Waals surface area contributed by atoms with Crippen molar-refractivity contribution in [2.45, 2.75) is 44.7 Å². The van der Waals surface area contributed by atoms with E-state index in [1.807, 2.05) is 19.9 Å². The molecular formula is C14H21BrN2O2S. The largest absolute Gasteiger partial charge is 0.326 e. The van der Waals surface area contributed by atoms with E-state index in [-0.39, 0.29) is 6.04 Å². The summed E-state index contributed by atoms with van der Waals surface area (Å²) in [4.78, 5) is 0.332. The first kappa shape index (κ1) is 15.9. The topological polar surface area (TPSA) is 63.4 Å². The summed E-state index contributed by atoms with van der Waals surface area (Å²) in [5.74, 6) is 0.400. The van der Waals surface area contributed by atoms with Gasteiger partial charge >= 0.3 is 0 Å². The molecule has 0 amide bonds. The molecule has 1 heterocycles. The standard InChI is InChI=1S/C14H21BrN2O2S/c1-9-4-11(3)17(8-9)20(18,19)13-6-12(7-16)5-10(2)14(13)15/h5-6,9,11H,4,7-8,16H2,1-3H3. The smallest absolute Gasteiger partial charge is 0.244 e. The number of hydrogen-bond acceptors (Lipinski definition) is 3. The van der Waals surface area contributed by atoms with Gasteiger partial charge in [0, 0.05) is 23.6 Å². The van der Waals surface area contributed by atoms with Gasteiger partial charge in [0.2, 0.25) is 10.0 Å². The van der Waals surface area contributed by atoms with Gasteiger partial charge in [-0.3, -0.25) is 0 Å². The van der Waals surface area contributed by atoms with Gasteiger partial charge in [0.1, 0.15) is 0 Å². The van der Waals surface area contributed by atoms with E-state index in [0.29, 0.717) is 28.4 Å². The van der Waals surface area contributed by atoms with E-state index in [2.05, 4.69) is 22.9 Å². The molecule has 1 fully saturated rings. The van der Waals surface area contributed by atoms with Crippen LogP contribution in [0.5, 0.6) is 0 Å². The molecule has 2 unspecified atom stereocenters. The second kappa shape index (κ2) is 5.75. The first-order chi connectivity index (χ1) is 9.27. The predicted octanol–water partition coefficient (Wildman–Crippen LogP) is 2.64. The Morgan fingerprint density at radius 2 is 2.05 bits per heavy atom. The van der Waals surface area contributed by atoms with Crippen LogP contribution in [0.15, 0.2) is 21.5 Å². The second-order valence-electron chi connectivity index (χ2n) is 5.69. The van der Waals surface area contributed by atoms with Gasteiger partial charge in [-0.1, -0.05) is 13.0 Å². The van der Waals surface area contributed by atoms with E-state index in [0.717, 1.165) is 17.5 Å². The lowest BCUT2D eigenvalue weighted by atomic mass is 10.1. The molecule has 0 bridgehead atoms. The number of halogens is 1.